The second kappa shape index (κ2) is 4.10. The second-order valence-corrected chi connectivity index (χ2v) is 3.26. The largest absolute Gasteiger partial charge is 0.496 e. The molecule has 2 nitrogen and oxygen atoms in total. The zero-order chi connectivity index (χ0) is 11.6. The smallest absolute Gasteiger partial charge is 0.407 e. The van der Waals surface area contributed by atoms with Crippen LogP contribution in [0.1, 0.15) is 17.2 Å². The van der Waals surface area contributed by atoms with E-state index in [0.29, 0.717) is 0 Å². The zero-order valence-electron chi connectivity index (χ0n) is 8.43. The van der Waals surface area contributed by atoms with Crippen LogP contribution in [0.3, 0.4) is 0 Å². The lowest BCUT2D eigenvalue weighted by molar-refractivity contribution is -0.149. The zero-order valence-corrected chi connectivity index (χ0v) is 8.43. The SMILES string of the molecule is COc1cc(C)ccc1C(N)C(F)(F)F. The van der Waals surface area contributed by atoms with E-state index in [9.17, 15) is 13.2 Å². The quantitative estimate of drug-likeness (QED) is 0.829. The van der Waals surface area contributed by atoms with E-state index in [1.165, 1.54) is 19.2 Å². The highest BCUT2D eigenvalue weighted by Crippen LogP contribution is 2.35. The lowest BCUT2D eigenvalue weighted by Crippen LogP contribution is -2.28. The number of ether oxygens (including phenoxy) is 1. The van der Waals surface area contributed by atoms with E-state index in [1.807, 2.05) is 0 Å². The molecule has 0 saturated heterocycles. The predicted molar refractivity (Wildman–Crippen MR) is 50.7 cm³/mol. The van der Waals surface area contributed by atoms with Gasteiger partial charge in [-0.3, -0.25) is 0 Å². The summed E-state index contributed by atoms with van der Waals surface area (Å²) in [6.45, 7) is 1.77. The summed E-state index contributed by atoms with van der Waals surface area (Å²) < 4.78 is 42.0. The molecular formula is C10H12F3NO. The van der Waals surface area contributed by atoms with Crippen LogP contribution in [0, 0.1) is 6.92 Å². The first-order valence-electron chi connectivity index (χ1n) is 4.33. The molecule has 0 amide bonds. The fourth-order valence-corrected chi connectivity index (χ4v) is 1.25. The number of alkyl halides is 3. The molecule has 0 spiro atoms. The molecule has 0 aromatic heterocycles. The molecule has 1 unspecified atom stereocenters. The van der Waals surface area contributed by atoms with E-state index >= 15 is 0 Å². The van der Waals surface area contributed by atoms with Gasteiger partial charge >= 0.3 is 6.18 Å². The summed E-state index contributed by atoms with van der Waals surface area (Å²) in [5.41, 5.74) is 5.87. The van der Waals surface area contributed by atoms with Crippen molar-refractivity contribution in [1.29, 1.82) is 0 Å². The van der Waals surface area contributed by atoms with Crippen molar-refractivity contribution in [1.82, 2.24) is 0 Å². The average Bonchev–Trinajstić information content (AvgIpc) is 2.15. The molecule has 0 heterocycles. The number of nitrogens with two attached hydrogens (primary N) is 1. The Hall–Kier alpha value is -1.23. The Morgan fingerprint density at radius 3 is 2.40 bits per heavy atom. The minimum atomic E-state index is -4.46. The normalized spacial score (nSPS) is 13.7. The molecule has 2 N–H and O–H groups in total. The number of aryl methyl sites for hydroxylation is 1. The molecule has 0 radical (unpaired) electrons. The number of hydrogen-bond acceptors (Lipinski definition) is 2. The molecule has 5 heteroatoms. The maximum atomic E-state index is 12.4. The fraction of sp³-hybridized carbons (Fsp3) is 0.400. The van der Waals surface area contributed by atoms with E-state index in [-0.39, 0.29) is 11.3 Å². The first kappa shape index (κ1) is 11.8. The Bertz CT molecular complexity index is 349. The highest BCUT2D eigenvalue weighted by atomic mass is 19.4. The molecule has 1 atom stereocenters. The average molecular weight is 219 g/mol. The number of methoxy groups -OCH3 is 1. The lowest BCUT2D eigenvalue weighted by Gasteiger charge is -2.18. The fourth-order valence-electron chi connectivity index (χ4n) is 1.25. The molecule has 0 aliphatic heterocycles. The van der Waals surface area contributed by atoms with Crippen molar-refractivity contribution in [3.63, 3.8) is 0 Å². The van der Waals surface area contributed by atoms with Crippen molar-refractivity contribution in [3.05, 3.63) is 29.3 Å². The Morgan fingerprint density at radius 1 is 1.33 bits per heavy atom. The molecule has 0 bridgehead atoms. The van der Waals surface area contributed by atoms with Gasteiger partial charge < -0.3 is 10.5 Å². The molecule has 1 aromatic carbocycles. The summed E-state index contributed by atoms with van der Waals surface area (Å²) >= 11 is 0. The van der Waals surface area contributed by atoms with Crippen LogP contribution < -0.4 is 10.5 Å². The van der Waals surface area contributed by atoms with E-state index in [2.05, 4.69) is 0 Å². The molecule has 1 aromatic rings. The number of rotatable bonds is 2. The van der Waals surface area contributed by atoms with Crippen molar-refractivity contribution in [2.75, 3.05) is 7.11 Å². The summed E-state index contributed by atoms with van der Waals surface area (Å²) in [5, 5.41) is 0. The Balaban J connectivity index is 3.14. The van der Waals surface area contributed by atoms with Gasteiger partial charge in [-0.1, -0.05) is 12.1 Å². The van der Waals surface area contributed by atoms with Gasteiger partial charge in [-0.05, 0) is 18.6 Å². The summed E-state index contributed by atoms with van der Waals surface area (Å²) in [7, 11) is 1.32. The third-order valence-electron chi connectivity index (χ3n) is 2.08. The van der Waals surface area contributed by atoms with Crippen molar-refractivity contribution in [2.45, 2.75) is 19.1 Å². The van der Waals surface area contributed by atoms with Gasteiger partial charge in [-0.25, -0.2) is 0 Å². The molecule has 0 fully saturated rings. The Labute approximate surface area is 85.8 Å². The van der Waals surface area contributed by atoms with Gasteiger partial charge in [0.1, 0.15) is 11.8 Å². The summed E-state index contributed by atoms with van der Waals surface area (Å²) in [5.74, 6) is 0.167. The van der Waals surface area contributed by atoms with Gasteiger partial charge in [0.25, 0.3) is 0 Å². The van der Waals surface area contributed by atoms with Gasteiger partial charge in [0.2, 0.25) is 0 Å². The third kappa shape index (κ3) is 2.62. The first-order chi connectivity index (χ1) is 6.86. The second-order valence-electron chi connectivity index (χ2n) is 3.26. The van der Waals surface area contributed by atoms with E-state index in [1.54, 1.807) is 13.0 Å². The minimum Gasteiger partial charge on any atom is -0.496 e. The molecule has 84 valence electrons. The molecule has 0 aliphatic rings. The van der Waals surface area contributed by atoms with Crippen LogP contribution in [-0.2, 0) is 0 Å². The van der Waals surface area contributed by atoms with Gasteiger partial charge in [0.15, 0.2) is 0 Å². The number of benzene rings is 1. The van der Waals surface area contributed by atoms with E-state index < -0.39 is 12.2 Å². The molecule has 0 aliphatic carbocycles. The van der Waals surface area contributed by atoms with Crippen molar-refractivity contribution in [3.8, 4) is 5.75 Å². The lowest BCUT2D eigenvalue weighted by atomic mass is 10.0. The standard InChI is InChI=1S/C10H12F3NO/c1-6-3-4-7(8(5-6)15-2)9(14)10(11,12)13/h3-5,9H,14H2,1-2H3. The van der Waals surface area contributed by atoms with Gasteiger partial charge in [-0.2, -0.15) is 13.2 Å². The monoisotopic (exact) mass is 219 g/mol. The summed E-state index contributed by atoms with van der Waals surface area (Å²) in [4.78, 5) is 0. The number of hydrogen-bond donors (Lipinski definition) is 1. The predicted octanol–water partition coefficient (Wildman–Crippen LogP) is 2.57. The molecule has 15 heavy (non-hydrogen) atoms. The van der Waals surface area contributed by atoms with Crippen molar-refractivity contribution >= 4 is 0 Å². The highest BCUT2D eigenvalue weighted by molar-refractivity contribution is 5.39. The molecule has 0 saturated carbocycles. The first-order valence-corrected chi connectivity index (χ1v) is 4.33. The van der Waals surface area contributed by atoms with Crippen LogP contribution in [0.4, 0.5) is 13.2 Å². The summed E-state index contributed by atoms with van der Waals surface area (Å²) in [6.07, 6.45) is -4.46. The van der Waals surface area contributed by atoms with Gasteiger partial charge in [0, 0.05) is 5.56 Å². The van der Waals surface area contributed by atoms with Crippen LogP contribution in [-0.4, -0.2) is 13.3 Å². The summed E-state index contributed by atoms with van der Waals surface area (Å²) in [6, 6.07) is 2.43. The highest BCUT2D eigenvalue weighted by Gasteiger charge is 2.39. The third-order valence-corrected chi connectivity index (χ3v) is 2.08. The molecular weight excluding hydrogens is 207 g/mol. The van der Waals surface area contributed by atoms with Crippen molar-refractivity contribution < 1.29 is 17.9 Å². The topological polar surface area (TPSA) is 35.2 Å². The maximum Gasteiger partial charge on any atom is 0.407 e. The minimum absolute atomic E-state index is 0.0457. The van der Waals surface area contributed by atoms with E-state index in [0.717, 1.165) is 5.56 Å². The van der Waals surface area contributed by atoms with Crippen LogP contribution in [0.2, 0.25) is 0 Å². The van der Waals surface area contributed by atoms with Gasteiger partial charge in [0.05, 0.1) is 7.11 Å². The Kier molecular flexibility index (Phi) is 3.24. The van der Waals surface area contributed by atoms with E-state index in [4.69, 9.17) is 10.5 Å². The van der Waals surface area contributed by atoms with Crippen molar-refractivity contribution in [2.24, 2.45) is 5.73 Å². The maximum absolute atomic E-state index is 12.4. The van der Waals surface area contributed by atoms with Gasteiger partial charge in [-0.15, -0.1) is 0 Å². The van der Waals surface area contributed by atoms with Crippen LogP contribution in [0.5, 0.6) is 5.75 Å². The van der Waals surface area contributed by atoms with Crippen LogP contribution in [0.15, 0.2) is 18.2 Å². The van der Waals surface area contributed by atoms with Crippen LogP contribution >= 0.6 is 0 Å². The number of halogens is 3. The van der Waals surface area contributed by atoms with Crippen LogP contribution in [0.25, 0.3) is 0 Å². The molecule has 1 rings (SSSR count). The Morgan fingerprint density at radius 2 is 1.93 bits per heavy atom.